The number of hydrogen-bond donors (Lipinski definition) is 2. The number of aromatic nitrogens is 2. The van der Waals surface area contributed by atoms with E-state index < -0.39 is 5.91 Å². The number of nitrogens with one attached hydrogen (secondary N) is 1. The Hall–Kier alpha value is -3.49. The molecule has 3 aromatic rings. The fourth-order valence-electron chi connectivity index (χ4n) is 3.71. The summed E-state index contributed by atoms with van der Waals surface area (Å²) in [6.07, 6.45) is 2.72. The van der Waals surface area contributed by atoms with Crippen molar-refractivity contribution in [3.8, 4) is 0 Å². The number of hydrogen-bond acceptors (Lipinski definition) is 5. The first-order chi connectivity index (χ1) is 14.4. The number of ether oxygens (including phenoxy) is 1. The first-order valence-corrected chi connectivity index (χ1v) is 9.71. The Labute approximate surface area is 175 Å². The summed E-state index contributed by atoms with van der Waals surface area (Å²) in [5.41, 5.74) is 8.50. The van der Waals surface area contributed by atoms with Gasteiger partial charge in [-0.2, -0.15) is 5.10 Å². The number of rotatable bonds is 5. The van der Waals surface area contributed by atoms with E-state index in [0.717, 1.165) is 5.56 Å². The molecule has 9 heteroatoms. The van der Waals surface area contributed by atoms with Crippen LogP contribution in [0.15, 0.2) is 48.8 Å². The standard InChI is InChI=1S/C21H22BN5O3/c1-13-9-26(21(29)30-12-14-5-3-2-4-6-14)11-17(13)25-19-16(20(23)28)8-24-27-10-15(22)7-18(19)27/h2-8,10,13,17,25H,9,11-12H2,1H3,(H2,23,28)/t13-,17+/m0/s1. The Morgan fingerprint density at radius 3 is 2.80 bits per heavy atom. The van der Waals surface area contributed by atoms with Crippen LogP contribution in [0.25, 0.3) is 5.52 Å². The van der Waals surface area contributed by atoms with Gasteiger partial charge < -0.3 is 20.7 Å². The quantitative estimate of drug-likeness (QED) is 0.626. The lowest BCUT2D eigenvalue weighted by molar-refractivity contribution is 0.0998. The molecule has 3 heterocycles. The van der Waals surface area contributed by atoms with Crippen molar-refractivity contribution in [1.29, 1.82) is 0 Å². The van der Waals surface area contributed by atoms with Crippen molar-refractivity contribution in [3.05, 3.63) is 59.9 Å². The van der Waals surface area contributed by atoms with Crippen LogP contribution in [-0.4, -0.2) is 53.5 Å². The second-order valence-corrected chi connectivity index (χ2v) is 7.57. The second kappa shape index (κ2) is 8.10. The number of anilines is 1. The molecule has 1 aromatic carbocycles. The average Bonchev–Trinajstić information content (AvgIpc) is 3.29. The van der Waals surface area contributed by atoms with Crippen molar-refractivity contribution in [3.63, 3.8) is 0 Å². The van der Waals surface area contributed by atoms with E-state index in [9.17, 15) is 9.59 Å². The topological polar surface area (TPSA) is 102 Å². The van der Waals surface area contributed by atoms with Gasteiger partial charge in [0.1, 0.15) is 14.5 Å². The molecule has 2 atom stereocenters. The molecule has 0 bridgehead atoms. The Balaban J connectivity index is 1.49. The highest BCUT2D eigenvalue weighted by molar-refractivity contribution is 6.33. The smallest absolute Gasteiger partial charge is 0.410 e. The fraction of sp³-hybridized carbons (Fsp3) is 0.286. The average molecular weight is 403 g/mol. The molecule has 1 aliphatic rings. The molecule has 1 fully saturated rings. The molecule has 3 N–H and O–H groups in total. The third-order valence-corrected chi connectivity index (χ3v) is 5.33. The summed E-state index contributed by atoms with van der Waals surface area (Å²) in [4.78, 5) is 26.1. The molecule has 8 nitrogen and oxygen atoms in total. The summed E-state index contributed by atoms with van der Waals surface area (Å²) < 4.78 is 7.04. The Morgan fingerprint density at radius 1 is 1.30 bits per heavy atom. The van der Waals surface area contributed by atoms with Crippen molar-refractivity contribution in [2.45, 2.75) is 19.6 Å². The van der Waals surface area contributed by atoms with Crippen molar-refractivity contribution in [2.75, 3.05) is 18.4 Å². The number of nitrogens with zero attached hydrogens (tertiary/aromatic N) is 3. The molecule has 0 spiro atoms. The van der Waals surface area contributed by atoms with Crippen LogP contribution >= 0.6 is 0 Å². The lowest BCUT2D eigenvalue weighted by Gasteiger charge is -2.20. The lowest BCUT2D eigenvalue weighted by Crippen LogP contribution is -2.32. The van der Waals surface area contributed by atoms with Crippen LogP contribution in [-0.2, 0) is 11.3 Å². The second-order valence-electron chi connectivity index (χ2n) is 7.57. The first kappa shape index (κ1) is 19.8. The third kappa shape index (κ3) is 3.96. The van der Waals surface area contributed by atoms with E-state index in [1.54, 1.807) is 21.7 Å². The highest BCUT2D eigenvalue weighted by Crippen LogP contribution is 2.27. The highest BCUT2D eigenvalue weighted by Gasteiger charge is 2.34. The largest absolute Gasteiger partial charge is 0.445 e. The number of amides is 2. The van der Waals surface area contributed by atoms with E-state index >= 15 is 0 Å². The summed E-state index contributed by atoms with van der Waals surface area (Å²) in [6, 6.07) is 11.2. The van der Waals surface area contributed by atoms with Gasteiger partial charge in [0.25, 0.3) is 5.91 Å². The van der Waals surface area contributed by atoms with Gasteiger partial charge in [-0.15, -0.1) is 0 Å². The normalized spacial score (nSPS) is 18.5. The van der Waals surface area contributed by atoms with E-state index in [1.807, 2.05) is 37.3 Å². The predicted molar refractivity (Wildman–Crippen MR) is 114 cm³/mol. The SMILES string of the molecule is [B]c1cc2c(N[C@@H]3CN(C(=O)OCc4ccccc4)C[C@@H]3C)c(C(N)=O)cnn2c1. The van der Waals surface area contributed by atoms with Gasteiger partial charge in [0.05, 0.1) is 23.0 Å². The Bertz CT molecular complexity index is 1080. The highest BCUT2D eigenvalue weighted by atomic mass is 16.6. The van der Waals surface area contributed by atoms with E-state index in [0.29, 0.717) is 29.8 Å². The third-order valence-electron chi connectivity index (χ3n) is 5.33. The molecule has 0 saturated carbocycles. The van der Waals surface area contributed by atoms with Crippen molar-refractivity contribution < 1.29 is 14.3 Å². The van der Waals surface area contributed by atoms with Crippen LogP contribution in [0.5, 0.6) is 0 Å². The monoisotopic (exact) mass is 403 g/mol. The number of fused-ring (bicyclic) bond motifs is 1. The minimum Gasteiger partial charge on any atom is -0.445 e. The van der Waals surface area contributed by atoms with Crippen LogP contribution in [0.1, 0.15) is 22.8 Å². The summed E-state index contributed by atoms with van der Waals surface area (Å²) >= 11 is 0. The predicted octanol–water partition coefficient (Wildman–Crippen LogP) is 1.30. The van der Waals surface area contributed by atoms with Gasteiger partial charge in [0, 0.05) is 25.3 Å². The van der Waals surface area contributed by atoms with E-state index in [2.05, 4.69) is 10.4 Å². The minimum absolute atomic E-state index is 0.0882. The molecular weight excluding hydrogens is 381 g/mol. The molecule has 0 aliphatic carbocycles. The molecule has 2 amide bonds. The van der Waals surface area contributed by atoms with Crippen molar-refractivity contribution in [1.82, 2.24) is 14.5 Å². The zero-order valence-electron chi connectivity index (χ0n) is 16.6. The van der Waals surface area contributed by atoms with Gasteiger partial charge in [0.2, 0.25) is 0 Å². The zero-order valence-corrected chi connectivity index (χ0v) is 16.6. The maximum atomic E-state index is 12.5. The van der Waals surface area contributed by atoms with Gasteiger partial charge in [-0.25, -0.2) is 9.31 Å². The van der Waals surface area contributed by atoms with E-state index in [1.165, 1.54) is 6.20 Å². The maximum Gasteiger partial charge on any atom is 0.410 e. The molecule has 1 aliphatic heterocycles. The fourth-order valence-corrected chi connectivity index (χ4v) is 3.71. The number of carbonyl (C=O) groups excluding carboxylic acids is 2. The number of nitrogens with two attached hydrogens (primary N) is 1. The minimum atomic E-state index is -0.586. The van der Waals surface area contributed by atoms with Crippen LogP contribution < -0.4 is 16.5 Å². The van der Waals surface area contributed by atoms with Gasteiger partial charge >= 0.3 is 6.09 Å². The van der Waals surface area contributed by atoms with Gasteiger partial charge in [-0.1, -0.05) is 42.7 Å². The maximum absolute atomic E-state index is 12.5. The summed E-state index contributed by atoms with van der Waals surface area (Å²) in [6.45, 7) is 3.25. The molecule has 1 saturated heterocycles. The zero-order chi connectivity index (χ0) is 21.3. The van der Waals surface area contributed by atoms with Crippen LogP contribution in [0.3, 0.4) is 0 Å². The number of primary amides is 1. The van der Waals surface area contributed by atoms with E-state index in [-0.39, 0.29) is 30.2 Å². The van der Waals surface area contributed by atoms with Crippen LogP contribution in [0, 0.1) is 5.92 Å². The molecule has 0 unspecified atom stereocenters. The summed E-state index contributed by atoms with van der Waals surface area (Å²) in [5, 5.41) is 7.57. The summed E-state index contributed by atoms with van der Waals surface area (Å²) in [7, 11) is 5.89. The van der Waals surface area contributed by atoms with E-state index in [4.69, 9.17) is 18.3 Å². The van der Waals surface area contributed by atoms with Crippen molar-refractivity contribution >= 4 is 36.5 Å². The molecule has 2 aromatic heterocycles. The Kier molecular flexibility index (Phi) is 5.35. The molecular formula is C21H22BN5O3. The van der Waals surface area contributed by atoms with Gasteiger partial charge in [-0.05, 0) is 17.5 Å². The Morgan fingerprint density at radius 2 is 2.07 bits per heavy atom. The molecule has 152 valence electrons. The van der Waals surface area contributed by atoms with Gasteiger partial charge in [0.15, 0.2) is 0 Å². The molecule has 4 rings (SSSR count). The number of likely N-dealkylation sites (tertiary alicyclic amines) is 1. The number of benzene rings is 1. The van der Waals surface area contributed by atoms with Crippen LogP contribution in [0.2, 0.25) is 0 Å². The first-order valence-electron chi connectivity index (χ1n) is 9.71. The van der Waals surface area contributed by atoms with Gasteiger partial charge in [-0.3, -0.25) is 4.79 Å². The molecule has 2 radical (unpaired) electrons. The van der Waals surface area contributed by atoms with Crippen LogP contribution in [0.4, 0.5) is 10.5 Å². The lowest BCUT2D eigenvalue weighted by atomic mass is 10.0. The summed E-state index contributed by atoms with van der Waals surface area (Å²) in [5.74, 6) is -0.451. The molecule has 30 heavy (non-hydrogen) atoms. The number of carbonyl (C=O) groups is 2. The van der Waals surface area contributed by atoms with Crippen molar-refractivity contribution in [2.24, 2.45) is 11.7 Å².